The zero-order chi connectivity index (χ0) is 33.3. The molecule has 3 aromatic rings. The molecule has 0 bridgehead atoms. The molecule has 3 heterocycles. The van der Waals surface area contributed by atoms with Crippen LogP contribution in [0.2, 0.25) is 0 Å². The zero-order valence-corrected chi connectivity index (χ0v) is 26.8. The number of benzene rings is 2. The first kappa shape index (κ1) is 34.3. The number of aliphatic hydroxyl groups is 2. The van der Waals surface area contributed by atoms with Crippen LogP contribution in [0.4, 0.5) is 8.78 Å². The number of hydrogen-bond acceptors (Lipinski definition) is 10. The maximum Gasteiger partial charge on any atom is 0.372 e. The number of aliphatic hydroxyl groups excluding tert-OH is 2. The fourth-order valence-electron chi connectivity index (χ4n) is 5.90. The molecule has 1 unspecified atom stereocenters. The number of aromatic nitrogens is 1. The molecule has 2 aliphatic rings. The topological polar surface area (TPSA) is 164 Å². The van der Waals surface area contributed by atoms with Crippen molar-refractivity contribution in [1.29, 1.82) is 0 Å². The lowest BCUT2D eigenvalue weighted by Gasteiger charge is -2.38. The minimum Gasteiger partial charge on any atom is -0.491 e. The van der Waals surface area contributed by atoms with Crippen molar-refractivity contribution in [3.8, 4) is 5.75 Å². The third-order valence-electron chi connectivity index (χ3n) is 8.53. The molecule has 16 heteroatoms. The van der Waals surface area contributed by atoms with Crippen molar-refractivity contribution >= 4 is 30.8 Å². The van der Waals surface area contributed by atoms with Gasteiger partial charge in [-0.15, -0.1) is 0 Å². The summed E-state index contributed by atoms with van der Waals surface area (Å²) in [4.78, 5) is 12.2. The lowest BCUT2D eigenvalue weighted by atomic mass is 9.88. The van der Waals surface area contributed by atoms with Crippen LogP contribution in [0.3, 0.4) is 0 Å². The zero-order valence-electron chi connectivity index (χ0n) is 25.1. The van der Waals surface area contributed by atoms with Crippen molar-refractivity contribution in [1.82, 2.24) is 14.2 Å². The van der Waals surface area contributed by atoms with Crippen LogP contribution in [0.1, 0.15) is 26.2 Å². The fourth-order valence-corrected chi connectivity index (χ4v) is 8.49. The van der Waals surface area contributed by atoms with E-state index in [9.17, 15) is 35.5 Å². The Labute approximate surface area is 265 Å². The Bertz CT molecular complexity index is 1840. The number of sulfone groups is 1. The van der Waals surface area contributed by atoms with Crippen molar-refractivity contribution in [2.75, 3.05) is 39.5 Å². The predicted molar refractivity (Wildman–Crippen MR) is 164 cm³/mol. The van der Waals surface area contributed by atoms with E-state index in [1.165, 1.54) is 22.6 Å². The first-order chi connectivity index (χ1) is 21.7. The third-order valence-corrected chi connectivity index (χ3v) is 12.2. The summed E-state index contributed by atoms with van der Waals surface area (Å²) in [6, 6.07) is 11.2. The molecule has 2 aromatic carbocycles. The molecule has 46 heavy (non-hydrogen) atoms. The normalized spacial score (nSPS) is 19.9. The smallest absolute Gasteiger partial charge is 0.372 e. The molecule has 3 N–H and O–H groups in total. The highest BCUT2D eigenvalue weighted by molar-refractivity contribution is 7.92. The molecule has 2 fully saturated rings. The summed E-state index contributed by atoms with van der Waals surface area (Å²) in [6.45, 7) is 1.06. The molecule has 2 aliphatic heterocycles. The van der Waals surface area contributed by atoms with E-state index in [2.05, 4.69) is 5.32 Å². The Morgan fingerprint density at radius 2 is 1.85 bits per heavy atom. The monoisotopic (exact) mass is 685 g/mol. The second-order valence-electron chi connectivity index (χ2n) is 11.6. The number of rotatable bonds is 12. The van der Waals surface area contributed by atoms with Crippen LogP contribution < -0.4 is 15.5 Å². The highest BCUT2D eigenvalue weighted by Crippen LogP contribution is 2.37. The largest absolute Gasteiger partial charge is 0.491 e. The summed E-state index contributed by atoms with van der Waals surface area (Å²) in [6.07, 6.45) is 1.82. The molecule has 5 rings (SSSR count). The highest BCUT2D eigenvalue weighted by atomic mass is 32.2. The number of nitrogens with zero attached hydrogens (tertiary/aromatic N) is 2. The number of para-hydroxylation sites is 1. The number of ether oxygens (including phenoxy) is 2. The van der Waals surface area contributed by atoms with Gasteiger partial charge in [0.15, 0.2) is 0 Å². The number of halogens is 2. The number of pyridine rings is 1. The van der Waals surface area contributed by atoms with E-state index >= 15 is 0 Å². The molecule has 2 saturated heterocycles. The van der Waals surface area contributed by atoms with Crippen molar-refractivity contribution in [2.24, 2.45) is 0 Å². The summed E-state index contributed by atoms with van der Waals surface area (Å²) in [5.41, 5.74) is -0.404. The van der Waals surface area contributed by atoms with Crippen LogP contribution in [0.5, 0.6) is 5.75 Å². The number of piperidine rings is 1. The van der Waals surface area contributed by atoms with Crippen molar-refractivity contribution < 1.29 is 45.3 Å². The Morgan fingerprint density at radius 1 is 1.13 bits per heavy atom. The lowest BCUT2D eigenvalue weighted by molar-refractivity contribution is -0.0312. The first-order valence-electron chi connectivity index (χ1n) is 14.9. The van der Waals surface area contributed by atoms with E-state index < -0.39 is 53.8 Å². The van der Waals surface area contributed by atoms with Gasteiger partial charge in [0.1, 0.15) is 30.0 Å². The Balaban J connectivity index is 1.13. The molecule has 0 saturated carbocycles. The summed E-state index contributed by atoms with van der Waals surface area (Å²) >= 11 is 0. The van der Waals surface area contributed by atoms with Gasteiger partial charge in [0, 0.05) is 43.8 Å². The Kier molecular flexibility index (Phi) is 9.90. The molecule has 12 nitrogen and oxygen atoms in total. The molecule has 252 valence electrons. The Morgan fingerprint density at radius 3 is 2.54 bits per heavy atom. The van der Waals surface area contributed by atoms with E-state index in [1.54, 1.807) is 28.8 Å². The molecular weight excluding hydrogens is 648 g/mol. The van der Waals surface area contributed by atoms with Crippen LogP contribution in [0, 0.1) is 0 Å². The van der Waals surface area contributed by atoms with Crippen molar-refractivity contribution in [3.63, 3.8) is 0 Å². The lowest BCUT2D eigenvalue weighted by Crippen LogP contribution is -2.47. The minimum absolute atomic E-state index is 0.0453. The predicted octanol–water partition coefficient (Wildman–Crippen LogP) is 1.72. The van der Waals surface area contributed by atoms with Gasteiger partial charge in [0.05, 0.1) is 22.6 Å². The summed E-state index contributed by atoms with van der Waals surface area (Å²) in [7, 11) is -9.17. The van der Waals surface area contributed by atoms with Gasteiger partial charge < -0.3 is 29.6 Å². The quantitative estimate of drug-likeness (QED) is 0.256. The van der Waals surface area contributed by atoms with Crippen molar-refractivity contribution in [2.45, 2.75) is 65.5 Å². The van der Waals surface area contributed by atoms with E-state index in [4.69, 9.17) is 14.6 Å². The molecule has 0 aliphatic carbocycles. The number of sulfonamides is 1. The van der Waals surface area contributed by atoms with Gasteiger partial charge in [-0.2, -0.15) is 13.1 Å². The van der Waals surface area contributed by atoms with Gasteiger partial charge in [-0.3, -0.25) is 4.79 Å². The van der Waals surface area contributed by atoms with Gasteiger partial charge >= 0.3 is 5.25 Å². The second kappa shape index (κ2) is 13.3. The summed E-state index contributed by atoms with van der Waals surface area (Å²) in [5, 5.41) is 18.4. The average Bonchev–Trinajstić information content (AvgIpc) is 3.45. The van der Waals surface area contributed by atoms with Gasteiger partial charge in [-0.1, -0.05) is 18.2 Å². The van der Waals surface area contributed by atoms with Gasteiger partial charge in [0.25, 0.3) is 0 Å². The number of fused-ring (bicyclic) bond motifs is 1. The van der Waals surface area contributed by atoms with Crippen LogP contribution in [-0.4, -0.2) is 98.4 Å². The van der Waals surface area contributed by atoms with E-state index in [0.29, 0.717) is 43.3 Å². The highest BCUT2D eigenvalue weighted by Gasteiger charge is 2.46. The number of nitrogens with one attached hydrogen (secondary N) is 1. The number of hydrogen-bond donors (Lipinski definition) is 3. The number of alkyl halides is 2. The molecule has 2 atom stereocenters. The number of aryl methyl sites for hydroxylation is 1. The SMILES string of the molecule is CCn1cc(S(=O)(=O)N2CCC3(CC2)C[C@@H](NCC(O)COc2cccc(S(=O)(=O)C(F)(F)CO)c2)CO3)c(=O)c2ccccc21. The van der Waals surface area contributed by atoms with Crippen LogP contribution in [-0.2, 0) is 31.1 Å². The van der Waals surface area contributed by atoms with E-state index in [1.807, 2.05) is 6.92 Å². The minimum atomic E-state index is -5.13. The summed E-state index contributed by atoms with van der Waals surface area (Å²) < 4.78 is 93.4. The third kappa shape index (κ3) is 6.70. The van der Waals surface area contributed by atoms with E-state index in [-0.39, 0.29) is 42.9 Å². The fraction of sp³-hybridized carbons (Fsp3) is 0.500. The molecule has 1 aromatic heterocycles. The Hall–Kier alpha value is -2.99. The molecule has 0 amide bonds. The van der Waals surface area contributed by atoms with Gasteiger partial charge in [-0.05, 0) is 56.5 Å². The standard InChI is InChI=1S/C30H37F2N3O9S2/c1-2-34-17-27(28(38)25-8-3-4-9-26(25)34)46(41,42)35-12-10-29(11-13-35)15-21(18-44-29)33-16-22(37)19-43-23-6-5-7-24(14-23)45(39,40)30(31,32)20-36/h3-9,14,17,21-22,33,36-37H,2,10-13,15-16,18-20H2,1H3/t21-,22?/m1/s1. The maximum absolute atomic E-state index is 13.7. The molecule has 1 spiro atoms. The maximum atomic E-state index is 13.7. The molecular formula is C30H37F2N3O9S2. The average molecular weight is 686 g/mol. The van der Waals surface area contributed by atoms with E-state index in [0.717, 1.165) is 12.1 Å². The summed E-state index contributed by atoms with van der Waals surface area (Å²) in [5.74, 6) is -0.0453. The van der Waals surface area contributed by atoms with Crippen LogP contribution in [0.15, 0.2) is 69.3 Å². The van der Waals surface area contributed by atoms with Crippen molar-refractivity contribution in [3.05, 3.63) is 65.0 Å². The first-order valence-corrected chi connectivity index (χ1v) is 17.8. The van der Waals surface area contributed by atoms with Gasteiger partial charge in [0.2, 0.25) is 25.3 Å². The van der Waals surface area contributed by atoms with Crippen LogP contribution in [0.25, 0.3) is 10.9 Å². The second-order valence-corrected chi connectivity index (χ2v) is 15.6. The van der Waals surface area contributed by atoms with Crippen LogP contribution >= 0.6 is 0 Å². The van der Waals surface area contributed by atoms with Gasteiger partial charge in [-0.25, -0.2) is 16.8 Å². The molecule has 0 radical (unpaired) electrons.